The van der Waals surface area contributed by atoms with E-state index in [-0.39, 0.29) is 17.2 Å². The molecule has 0 bridgehead atoms. The molecule has 4 rings (SSSR count). The molecule has 11 heteroatoms. The van der Waals surface area contributed by atoms with Crippen molar-refractivity contribution in [2.45, 2.75) is 31.1 Å². The number of halogens is 2. The third-order valence-corrected chi connectivity index (χ3v) is 9.57. The Morgan fingerprint density at radius 1 is 1.28 bits per heavy atom. The van der Waals surface area contributed by atoms with E-state index < -0.39 is 26.7 Å². The Hall–Kier alpha value is -2.42. The fourth-order valence-corrected chi connectivity index (χ4v) is 6.64. The number of benzene rings is 1. The molecular weight excluding hydrogens is 473 g/mol. The number of pyridine rings is 1. The number of aliphatic imine (C=N–C) groups is 1. The Morgan fingerprint density at radius 2 is 2.03 bits per heavy atom. The number of hydrogen-bond acceptors (Lipinski definition) is 8. The van der Waals surface area contributed by atoms with E-state index in [9.17, 15) is 13.5 Å². The molecule has 1 aliphatic rings. The van der Waals surface area contributed by atoms with Gasteiger partial charge in [-0.1, -0.05) is 0 Å². The molecule has 1 aliphatic heterocycles. The van der Waals surface area contributed by atoms with E-state index in [0.717, 1.165) is 10.4 Å². The molecule has 0 spiro atoms. The fraction of sp³-hybridized carbons (Fsp3) is 0.286. The van der Waals surface area contributed by atoms with Gasteiger partial charge in [0.15, 0.2) is 0 Å². The first-order valence-corrected chi connectivity index (χ1v) is 12.5. The number of hydrogen-bond donors (Lipinski definition) is 4. The Kier molecular flexibility index (Phi) is 5.59. The SMILES string of the molecule is CC1(C)C(NCl)=N[C@](C)(c2cc(Nc3csc4cc(C#N)cnc34)ccc2F)CS1(O)O. The maximum Gasteiger partial charge on any atom is 0.137 e. The lowest BCUT2D eigenvalue weighted by Crippen LogP contribution is -2.52. The van der Waals surface area contributed by atoms with Crippen LogP contribution in [0.2, 0.25) is 0 Å². The van der Waals surface area contributed by atoms with Gasteiger partial charge >= 0.3 is 0 Å². The monoisotopic (exact) mass is 493 g/mol. The number of amidine groups is 1. The Labute approximate surface area is 195 Å². The summed E-state index contributed by atoms with van der Waals surface area (Å²) in [6, 6.07) is 8.34. The molecule has 0 unspecified atom stereocenters. The predicted octanol–water partition coefficient (Wildman–Crippen LogP) is 5.95. The summed E-state index contributed by atoms with van der Waals surface area (Å²) >= 11 is 7.27. The maximum atomic E-state index is 14.9. The van der Waals surface area contributed by atoms with Gasteiger partial charge in [0, 0.05) is 34.6 Å². The molecule has 0 radical (unpaired) electrons. The molecule has 1 atom stereocenters. The van der Waals surface area contributed by atoms with Gasteiger partial charge in [-0.25, -0.2) is 4.39 Å². The van der Waals surface area contributed by atoms with Gasteiger partial charge < -0.3 is 5.32 Å². The highest BCUT2D eigenvalue weighted by Gasteiger charge is 2.50. The van der Waals surface area contributed by atoms with Crippen LogP contribution in [0.1, 0.15) is 31.9 Å². The number of nitrogens with one attached hydrogen (secondary N) is 2. The third-order valence-electron chi connectivity index (χ3n) is 5.68. The zero-order chi connectivity index (χ0) is 23.3. The second kappa shape index (κ2) is 7.86. The minimum absolute atomic E-state index is 0.144. The molecule has 0 aliphatic carbocycles. The Bertz CT molecular complexity index is 1290. The lowest BCUT2D eigenvalue weighted by molar-refractivity contribution is 0.416. The summed E-state index contributed by atoms with van der Waals surface area (Å²) in [7, 11) is -3.19. The van der Waals surface area contributed by atoms with Gasteiger partial charge in [0.25, 0.3) is 0 Å². The van der Waals surface area contributed by atoms with Gasteiger partial charge in [-0.05, 0) is 45.0 Å². The summed E-state index contributed by atoms with van der Waals surface area (Å²) in [5.41, 5.74) is 1.45. The molecular formula is C21H21ClFN5O2S2. The van der Waals surface area contributed by atoms with Crippen molar-refractivity contribution in [3.05, 3.63) is 52.8 Å². The zero-order valence-electron chi connectivity index (χ0n) is 17.5. The van der Waals surface area contributed by atoms with E-state index in [0.29, 0.717) is 16.8 Å². The van der Waals surface area contributed by atoms with Crippen molar-refractivity contribution in [1.29, 1.82) is 5.26 Å². The molecule has 0 saturated heterocycles. The van der Waals surface area contributed by atoms with Crippen LogP contribution in [0.4, 0.5) is 15.8 Å². The standard InChI is InChI=1S/C21H21ClFN5O2S2/c1-20(2)19(28-22)27-21(3,11-32(20,29)30)14-7-13(4-5-15(14)23)26-16-10-31-17-6-12(8-24)9-25-18(16)17/h4-7,9-10,26,29-30H,11H2,1-3H3,(H,27,28)/t21-/m0/s1. The van der Waals surface area contributed by atoms with Crippen LogP contribution < -0.4 is 10.2 Å². The summed E-state index contributed by atoms with van der Waals surface area (Å²) in [5.74, 6) is -0.473. The van der Waals surface area contributed by atoms with Crippen LogP contribution in [0.3, 0.4) is 0 Å². The first-order chi connectivity index (χ1) is 15.0. The van der Waals surface area contributed by atoms with Crippen molar-refractivity contribution in [2.24, 2.45) is 4.99 Å². The number of aromatic nitrogens is 1. The average molecular weight is 494 g/mol. The number of fused-ring (bicyclic) bond motifs is 1. The summed E-state index contributed by atoms with van der Waals surface area (Å²) < 4.78 is 36.3. The molecule has 0 fully saturated rings. The van der Waals surface area contributed by atoms with Gasteiger partial charge in [0.05, 0.1) is 21.7 Å². The van der Waals surface area contributed by atoms with Crippen molar-refractivity contribution in [1.82, 2.24) is 9.82 Å². The van der Waals surface area contributed by atoms with Crippen molar-refractivity contribution in [2.75, 3.05) is 11.1 Å². The van der Waals surface area contributed by atoms with Crippen molar-refractivity contribution >= 4 is 61.1 Å². The minimum Gasteiger partial charge on any atom is -0.353 e. The third kappa shape index (κ3) is 3.70. The summed E-state index contributed by atoms with van der Waals surface area (Å²) in [6.07, 6.45) is 1.50. The molecule has 1 aromatic carbocycles. The van der Waals surface area contributed by atoms with Crippen molar-refractivity contribution < 1.29 is 13.5 Å². The lowest BCUT2D eigenvalue weighted by Gasteiger charge is -2.53. The van der Waals surface area contributed by atoms with Crippen LogP contribution in [-0.4, -0.2) is 30.4 Å². The molecule has 168 valence electrons. The van der Waals surface area contributed by atoms with E-state index in [1.807, 2.05) is 5.38 Å². The lowest BCUT2D eigenvalue weighted by atomic mass is 9.92. The van der Waals surface area contributed by atoms with Gasteiger partial charge in [-0.15, -0.1) is 11.3 Å². The highest BCUT2D eigenvalue weighted by atomic mass is 35.5. The van der Waals surface area contributed by atoms with Crippen LogP contribution in [0.5, 0.6) is 0 Å². The highest BCUT2D eigenvalue weighted by molar-refractivity contribution is 8.26. The highest BCUT2D eigenvalue weighted by Crippen LogP contribution is 2.59. The molecule has 3 heterocycles. The topological polar surface area (TPSA) is 114 Å². The number of thiophene rings is 1. The van der Waals surface area contributed by atoms with E-state index in [1.165, 1.54) is 23.6 Å². The second-order valence-corrected chi connectivity index (χ2v) is 12.0. The maximum absolute atomic E-state index is 14.9. The Balaban J connectivity index is 1.75. The van der Waals surface area contributed by atoms with Crippen LogP contribution in [0, 0.1) is 17.1 Å². The fourth-order valence-electron chi connectivity index (χ4n) is 3.65. The van der Waals surface area contributed by atoms with Crippen molar-refractivity contribution in [3.63, 3.8) is 0 Å². The average Bonchev–Trinajstić information content (AvgIpc) is 3.13. The van der Waals surface area contributed by atoms with E-state index in [2.05, 4.69) is 26.2 Å². The quantitative estimate of drug-likeness (QED) is 0.335. The van der Waals surface area contributed by atoms with E-state index >= 15 is 0 Å². The van der Waals surface area contributed by atoms with Crippen molar-refractivity contribution in [3.8, 4) is 6.07 Å². The largest absolute Gasteiger partial charge is 0.353 e. The van der Waals surface area contributed by atoms with Crippen LogP contribution >= 0.6 is 33.7 Å². The molecule has 3 aromatic rings. The summed E-state index contributed by atoms with van der Waals surface area (Å²) in [4.78, 5) is 11.4. The summed E-state index contributed by atoms with van der Waals surface area (Å²) in [6.45, 7) is 4.92. The summed E-state index contributed by atoms with van der Waals surface area (Å²) in [5, 5.41) is 14.2. The first kappa shape index (κ1) is 22.8. The molecule has 0 saturated carbocycles. The number of nitriles is 1. The number of anilines is 2. The normalized spacial score (nSPS) is 22.6. The zero-order valence-corrected chi connectivity index (χ0v) is 19.9. The number of rotatable bonds is 3. The van der Waals surface area contributed by atoms with Gasteiger partial charge in [0.2, 0.25) is 0 Å². The molecule has 7 nitrogen and oxygen atoms in total. The van der Waals surface area contributed by atoms with Gasteiger partial charge in [0.1, 0.15) is 33.5 Å². The smallest absolute Gasteiger partial charge is 0.137 e. The first-order valence-electron chi connectivity index (χ1n) is 9.57. The van der Waals surface area contributed by atoms with Crippen LogP contribution in [0.15, 0.2) is 40.8 Å². The van der Waals surface area contributed by atoms with Crippen LogP contribution in [0.25, 0.3) is 10.2 Å². The van der Waals surface area contributed by atoms with Gasteiger partial charge in [-0.2, -0.15) is 15.9 Å². The van der Waals surface area contributed by atoms with Crippen LogP contribution in [-0.2, 0) is 5.54 Å². The van der Waals surface area contributed by atoms with E-state index in [1.54, 1.807) is 39.0 Å². The van der Waals surface area contributed by atoms with E-state index in [4.69, 9.17) is 17.0 Å². The van der Waals surface area contributed by atoms with Gasteiger partial charge in [-0.3, -0.25) is 23.9 Å². The number of nitrogens with zero attached hydrogens (tertiary/aromatic N) is 3. The second-order valence-electron chi connectivity index (χ2n) is 8.30. The molecule has 4 N–H and O–H groups in total. The molecule has 32 heavy (non-hydrogen) atoms. The minimum atomic E-state index is -3.19. The predicted molar refractivity (Wildman–Crippen MR) is 130 cm³/mol. The molecule has 2 aromatic heterocycles. The molecule has 0 amide bonds. The Morgan fingerprint density at radius 3 is 2.72 bits per heavy atom.